The van der Waals surface area contributed by atoms with Crippen molar-refractivity contribution in [1.82, 2.24) is 34.6 Å². The molecule has 0 spiro atoms. The van der Waals surface area contributed by atoms with E-state index < -0.39 is 11.7 Å². The van der Waals surface area contributed by atoms with Crippen LogP contribution in [-0.2, 0) is 13.1 Å². The van der Waals surface area contributed by atoms with Crippen LogP contribution >= 0.6 is 0 Å². The molecule has 13 heteroatoms. The molecule has 266 valence electrons. The summed E-state index contributed by atoms with van der Waals surface area (Å²) in [5, 5.41) is 4.75. The number of piperazine rings is 1. The first kappa shape index (κ1) is 32.2. The highest BCUT2D eigenvalue weighted by Gasteiger charge is 2.30. The Balaban J connectivity index is 0.864. The number of nitrogens with one attached hydrogen (secondary N) is 2. The van der Waals surface area contributed by atoms with E-state index in [0.29, 0.717) is 46.5 Å². The van der Waals surface area contributed by atoms with Crippen LogP contribution in [0.1, 0.15) is 88.9 Å². The van der Waals surface area contributed by atoms with E-state index in [-0.39, 0.29) is 35.1 Å². The van der Waals surface area contributed by atoms with Crippen molar-refractivity contribution < 1.29 is 15.4 Å². The Kier molecular flexibility index (Phi) is 8.68. The normalized spacial score (nSPS) is 19.6. The van der Waals surface area contributed by atoms with Gasteiger partial charge in [0.05, 0.1) is 23.0 Å². The van der Waals surface area contributed by atoms with E-state index >= 15 is 0 Å². The quantitative estimate of drug-likeness (QED) is 0.250. The molecule has 0 radical (unpaired) electrons. The van der Waals surface area contributed by atoms with Crippen LogP contribution in [0.3, 0.4) is 0 Å². The van der Waals surface area contributed by atoms with Crippen LogP contribution in [0.25, 0.3) is 11.0 Å². The molecule has 1 aromatic carbocycles. The minimum absolute atomic E-state index is 0.0162. The number of rotatable bonds is 8. The fourth-order valence-corrected chi connectivity index (χ4v) is 8.52. The van der Waals surface area contributed by atoms with Crippen LogP contribution in [0.15, 0.2) is 41.5 Å². The first-order valence-electron chi connectivity index (χ1n) is 18.6. The number of aromatic nitrogens is 4. The SMILES string of the molecule is [2H]N1Cc2cc(CN3CCN(C4CCN(c5ccc(Nc6ncc7c(C)c(C(C)=O)c(=O)n(C8CCCC8)c7n6)nc5)CC4)CC3)cc(F)c2C1=O. The molecule has 8 rings (SSSR count). The van der Waals surface area contributed by atoms with Gasteiger partial charge in [0.15, 0.2) is 7.20 Å². The maximum atomic E-state index is 14.7. The number of piperidine rings is 1. The molecule has 2 N–H and O–H groups in total. The lowest BCUT2D eigenvalue weighted by Crippen LogP contribution is -2.53. The number of anilines is 3. The topological polar surface area (TPSA) is 129 Å². The zero-order valence-electron chi connectivity index (χ0n) is 30.2. The highest BCUT2D eigenvalue weighted by molar-refractivity contribution is 5.99. The summed E-state index contributed by atoms with van der Waals surface area (Å²) in [4.78, 5) is 59.3. The van der Waals surface area contributed by atoms with Gasteiger partial charge < -0.3 is 15.5 Å². The Bertz CT molecular complexity index is 2090. The largest absolute Gasteiger partial charge is 0.370 e. The van der Waals surface area contributed by atoms with Gasteiger partial charge in [-0.1, -0.05) is 18.9 Å². The Morgan fingerprint density at radius 3 is 2.47 bits per heavy atom. The summed E-state index contributed by atoms with van der Waals surface area (Å²) in [6, 6.07) is 7.85. The predicted molar refractivity (Wildman–Crippen MR) is 193 cm³/mol. The number of benzene rings is 1. The molecule has 51 heavy (non-hydrogen) atoms. The number of hydrogen-bond acceptors (Lipinski definition) is 10. The second-order valence-electron chi connectivity index (χ2n) is 14.4. The monoisotopic (exact) mass is 694 g/mol. The molecule has 1 amide bonds. The molecule has 4 aliphatic rings. The number of carbonyl (C=O) groups excluding carboxylic acids is 2. The number of nitrogens with zero attached hydrogens (tertiary/aromatic N) is 7. The van der Waals surface area contributed by atoms with Gasteiger partial charge in [-0.15, -0.1) is 0 Å². The van der Waals surface area contributed by atoms with Gasteiger partial charge in [-0.3, -0.25) is 28.8 Å². The van der Waals surface area contributed by atoms with E-state index in [1.165, 1.54) is 13.0 Å². The fourth-order valence-electron chi connectivity index (χ4n) is 8.52. The van der Waals surface area contributed by atoms with Crippen LogP contribution in [0.2, 0.25) is 1.41 Å². The molecule has 4 aromatic rings. The Labute approximate surface area is 297 Å². The van der Waals surface area contributed by atoms with E-state index in [4.69, 9.17) is 6.40 Å². The number of aryl methyl sites for hydroxylation is 1. The zero-order chi connectivity index (χ0) is 36.1. The smallest absolute Gasteiger partial charge is 0.263 e. The van der Waals surface area contributed by atoms with Gasteiger partial charge in [0, 0.05) is 76.0 Å². The van der Waals surface area contributed by atoms with Crippen LogP contribution in [0.4, 0.5) is 21.8 Å². The van der Waals surface area contributed by atoms with Crippen molar-refractivity contribution in [2.45, 2.75) is 77.5 Å². The molecule has 12 nitrogen and oxygen atoms in total. The maximum Gasteiger partial charge on any atom is 0.263 e. The summed E-state index contributed by atoms with van der Waals surface area (Å²) in [6.45, 7) is 9.61. The van der Waals surface area contributed by atoms with Gasteiger partial charge in [-0.05, 0) is 74.4 Å². The minimum Gasteiger partial charge on any atom is -0.370 e. The van der Waals surface area contributed by atoms with Crippen molar-refractivity contribution >= 4 is 40.2 Å². The highest BCUT2D eigenvalue weighted by Crippen LogP contribution is 2.32. The molecule has 2 saturated heterocycles. The van der Waals surface area contributed by atoms with Gasteiger partial charge in [-0.2, -0.15) is 4.98 Å². The predicted octanol–water partition coefficient (Wildman–Crippen LogP) is 4.73. The molecule has 0 bridgehead atoms. The molecule has 0 unspecified atom stereocenters. The summed E-state index contributed by atoms with van der Waals surface area (Å²) in [7, 11) is 0. The Morgan fingerprint density at radius 2 is 1.76 bits per heavy atom. The number of carbonyl (C=O) groups is 2. The van der Waals surface area contributed by atoms with E-state index in [0.717, 1.165) is 94.4 Å². The molecule has 3 aromatic heterocycles. The van der Waals surface area contributed by atoms with Crippen molar-refractivity contribution in [3.63, 3.8) is 0 Å². The number of hydrogen-bond donors (Lipinski definition) is 2. The van der Waals surface area contributed by atoms with E-state index in [1.807, 2.05) is 18.3 Å². The van der Waals surface area contributed by atoms with Crippen molar-refractivity contribution in [2.24, 2.45) is 0 Å². The summed E-state index contributed by atoms with van der Waals surface area (Å²) in [5.74, 6) is -0.364. The fraction of sp³-hybridized carbons (Fsp3) is 0.474. The van der Waals surface area contributed by atoms with Crippen molar-refractivity contribution in [3.8, 4) is 0 Å². The zero-order valence-corrected chi connectivity index (χ0v) is 29.2. The average Bonchev–Trinajstić information content (AvgIpc) is 3.76. The van der Waals surface area contributed by atoms with Crippen LogP contribution in [0.5, 0.6) is 0 Å². The molecule has 3 aliphatic heterocycles. The van der Waals surface area contributed by atoms with Crippen molar-refractivity contribution in [2.75, 3.05) is 49.5 Å². The molecule has 0 atom stereocenters. The third-order valence-electron chi connectivity index (χ3n) is 11.2. The standard InChI is InChI=1S/C38H44FN9O3/c1-23-30-21-42-38(44-35(30)48(28-5-3-4-6-28)37(51)33(23)24(2)49)43-32-8-7-29(20-40-32)46-11-9-27(10-12-46)47-15-13-45(14-16-47)22-25-17-26-19-41-36(50)34(26)31(39)18-25/h7-8,17-18,20-21,27-28H,3-6,9-16,19,22H2,1-2H3,(H,41,50)(H,40,42,43,44)/i/hD. The number of fused-ring (bicyclic) bond motifs is 2. The highest BCUT2D eigenvalue weighted by atomic mass is 19.1. The first-order chi connectivity index (χ1) is 25.1. The van der Waals surface area contributed by atoms with Crippen molar-refractivity contribution in [3.05, 3.63) is 80.6 Å². The molecule has 1 aliphatic carbocycles. The minimum atomic E-state index is -0.563. The van der Waals surface area contributed by atoms with Gasteiger partial charge in [0.2, 0.25) is 5.95 Å². The maximum absolute atomic E-state index is 14.7. The van der Waals surface area contributed by atoms with Crippen LogP contribution in [0, 0.1) is 12.7 Å². The third kappa shape index (κ3) is 6.48. The molecular weight excluding hydrogens is 649 g/mol. The van der Waals surface area contributed by atoms with Crippen molar-refractivity contribution in [1.29, 1.82) is 0 Å². The molecule has 6 heterocycles. The Morgan fingerprint density at radius 1 is 1.00 bits per heavy atom. The number of halogens is 1. The van der Waals surface area contributed by atoms with Gasteiger partial charge in [0.25, 0.3) is 11.5 Å². The van der Waals surface area contributed by atoms with E-state index in [9.17, 15) is 18.8 Å². The molecular formula is C38H44FN9O3. The van der Waals surface area contributed by atoms with E-state index in [2.05, 4.69) is 36.1 Å². The molecule has 3 fully saturated rings. The van der Waals surface area contributed by atoms with Gasteiger partial charge in [0.1, 0.15) is 17.3 Å². The summed E-state index contributed by atoms with van der Waals surface area (Å²) >= 11 is 0. The van der Waals surface area contributed by atoms with E-state index in [1.54, 1.807) is 17.7 Å². The summed E-state index contributed by atoms with van der Waals surface area (Å²) < 4.78 is 24.1. The lowest BCUT2D eigenvalue weighted by molar-refractivity contribution is 0.0811. The van der Waals surface area contributed by atoms with Crippen LogP contribution in [-0.4, -0.2) is 86.3 Å². The summed E-state index contributed by atoms with van der Waals surface area (Å²) in [5.41, 5.74) is 3.68. The number of pyridine rings is 2. The van der Waals surface area contributed by atoms with Gasteiger partial charge >= 0.3 is 0 Å². The van der Waals surface area contributed by atoms with Crippen LogP contribution < -0.4 is 21.1 Å². The Hall–Kier alpha value is -4.75. The first-order valence-corrected chi connectivity index (χ1v) is 18.1. The average molecular weight is 695 g/mol. The summed E-state index contributed by atoms with van der Waals surface area (Å²) in [6.07, 6.45) is 9.56. The second-order valence-corrected chi connectivity index (χ2v) is 14.4. The number of amides is 1. The number of ketones is 1. The third-order valence-corrected chi connectivity index (χ3v) is 11.2. The second kappa shape index (κ2) is 13.8. The van der Waals surface area contributed by atoms with Gasteiger partial charge in [-0.25, -0.2) is 14.4 Å². The molecule has 1 saturated carbocycles. The lowest BCUT2D eigenvalue weighted by Gasteiger charge is -2.43. The number of Topliss-reactive ketones (excluding diaryl/α,β-unsaturated/α-hetero) is 1. The lowest BCUT2D eigenvalue weighted by atomic mass is 10.0.